The molecule has 2 fully saturated rings. The fourth-order valence-corrected chi connectivity index (χ4v) is 4.75. The first-order valence-corrected chi connectivity index (χ1v) is 13.0. The molecular weight excluding hydrogens is 507 g/mol. The van der Waals surface area contributed by atoms with Gasteiger partial charge in [-0.1, -0.05) is 19.3 Å². The lowest BCUT2D eigenvalue weighted by molar-refractivity contribution is -0.231. The van der Waals surface area contributed by atoms with Crippen LogP contribution in [0.1, 0.15) is 51.1 Å². The second kappa shape index (κ2) is 11.5. The minimum absolute atomic E-state index is 0.0811. The predicted molar refractivity (Wildman–Crippen MR) is 139 cm³/mol. The summed E-state index contributed by atoms with van der Waals surface area (Å²) in [7, 11) is 0. The van der Waals surface area contributed by atoms with Crippen molar-refractivity contribution in [2.24, 2.45) is 5.41 Å². The molecule has 0 spiro atoms. The molecule has 1 saturated carbocycles. The van der Waals surface area contributed by atoms with Crippen LogP contribution in [0.15, 0.2) is 36.5 Å². The first kappa shape index (κ1) is 26.7. The van der Waals surface area contributed by atoms with Crippen molar-refractivity contribution in [3.8, 4) is 22.6 Å². The van der Waals surface area contributed by atoms with Gasteiger partial charge in [-0.2, -0.15) is 0 Å². The van der Waals surface area contributed by atoms with Gasteiger partial charge in [0.1, 0.15) is 12.4 Å². The molecule has 0 unspecified atom stereocenters. The van der Waals surface area contributed by atoms with Crippen molar-refractivity contribution in [3.05, 3.63) is 48.2 Å². The van der Waals surface area contributed by atoms with Gasteiger partial charge in [-0.3, -0.25) is 9.59 Å². The smallest absolute Gasteiger partial charge is 0.322 e. The van der Waals surface area contributed by atoms with Gasteiger partial charge in [0.15, 0.2) is 5.82 Å². The number of ether oxygens (including phenoxy) is 2. The third kappa shape index (κ3) is 6.23. The van der Waals surface area contributed by atoms with E-state index in [-0.39, 0.29) is 43.5 Å². The van der Waals surface area contributed by atoms with E-state index < -0.39 is 17.7 Å². The van der Waals surface area contributed by atoms with E-state index in [0.29, 0.717) is 28.5 Å². The number of aromatic amines is 1. The number of nitrogens with zero attached hydrogens (tertiary/aromatic N) is 3. The number of benzene rings is 1. The number of imidazole rings is 1. The van der Waals surface area contributed by atoms with Crippen LogP contribution in [0.3, 0.4) is 0 Å². The fraction of sp³-hybridized carbons (Fsp3) is 0.444. The van der Waals surface area contributed by atoms with E-state index in [4.69, 9.17) is 19.6 Å². The second-order valence-electron chi connectivity index (χ2n) is 10.2. The summed E-state index contributed by atoms with van der Waals surface area (Å²) < 4.78 is 25.6. The van der Waals surface area contributed by atoms with Gasteiger partial charge in [-0.15, -0.1) is 0 Å². The lowest BCUT2D eigenvalue weighted by Gasteiger charge is -2.37. The highest BCUT2D eigenvalue weighted by Gasteiger charge is 2.41. The molecule has 1 saturated heterocycles. The van der Waals surface area contributed by atoms with Crippen LogP contribution < -0.4 is 10.6 Å². The van der Waals surface area contributed by atoms with Crippen molar-refractivity contribution in [3.63, 3.8) is 0 Å². The molecule has 1 aliphatic carbocycles. The largest absolute Gasteiger partial charge is 0.480 e. The predicted octanol–water partition coefficient (Wildman–Crippen LogP) is 3.67. The molecular formula is C27H31FN6O5. The number of nitrogens with one attached hydrogen (secondary N) is 3. The number of rotatable bonds is 8. The van der Waals surface area contributed by atoms with E-state index in [1.807, 2.05) is 6.92 Å². The van der Waals surface area contributed by atoms with Crippen LogP contribution >= 0.6 is 0 Å². The van der Waals surface area contributed by atoms with Crippen molar-refractivity contribution in [2.75, 3.05) is 25.1 Å². The van der Waals surface area contributed by atoms with Gasteiger partial charge in [-0.25, -0.2) is 19.3 Å². The van der Waals surface area contributed by atoms with Gasteiger partial charge in [0, 0.05) is 17.8 Å². The van der Waals surface area contributed by atoms with E-state index >= 15 is 0 Å². The number of halogens is 1. The van der Waals surface area contributed by atoms with Crippen molar-refractivity contribution >= 4 is 17.8 Å². The summed E-state index contributed by atoms with van der Waals surface area (Å²) in [5.41, 5.74) is 1.19. The number of hydrogen-bond acceptors (Lipinski definition) is 8. The highest BCUT2D eigenvalue weighted by atomic mass is 19.1. The number of carboxylic acid groups (broad SMARTS) is 1. The van der Waals surface area contributed by atoms with Gasteiger partial charge < -0.3 is 30.2 Å². The van der Waals surface area contributed by atoms with Gasteiger partial charge in [0.2, 0.25) is 18.1 Å². The summed E-state index contributed by atoms with van der Waals surface area (Å²) in [4.78, 5) is 40.4. The number of carbonyl (C=O) groups is 2. The lowest BCUT2D eigenvalue weighted by Crippen LogP contribution is -2.51. The van der Waals surface area contributed by atoms with Crippen molar-refractivity contribution < 1.29 is 28.6 Å². The number of aliphatic carboxylic acids is 1. The highest BCUT2D eigenvalue weighted by molar-refractivity contribution is 5.83. The molecule has 3 aromatic rings. The molecule has 5 rings (SSSR count). The standard InChI is InChI=1S/C27H31FN6O5/c1-27(25(37)31-18-5-3-2-4-6-18)14-38-24(39-15-27)23-33-21(16-7-9-17(28)10-8-16)22(34-23)19-11-12-29-26(32-19)30-13-20(35)36/h7-12,18,24H,2-6,13-15H2,1H3,(H,31,37)(H,33,34)(H,35,36)(H,29,30,32). The molecule has 2 aromatic heterocycles. The Kier molecular flexibility index (Phi) is 7.84. The van der Waals surface area contributed by atoms with Crippen molar-refractivity contribution in [1.29, 1.82) is 0 Å². The molecule has 1 aliphatic heterocycles. The molecule has 2 aliphatic rings. The van der Waals surface area contributed by atoms with Crippen molar-refractivity contribution in [1.82, 2.24) is 25.3 Å². The van der Waals surface area contributed by atoms with E-state index in [9.17, 15) is 14.0 Å². The number of amides is 1. The zero-order valence-corrected chi connectivity index (χ0v) is 21.6. The normalized spacial score (nSPS) is 21.8. The minimum Gasteiger partial charge on any atom is -0.480 e. The summed E-state index contributed by atoms with van der Waals surface area (Å²) in [6, 6.07) is 7.69. The highest BCUT2D eigenvalue weighted by Crippen LogP contribution is 2.36. The topological polar surface area (TPSA) is 151 Å². The maximum atomic E-state index is 13.6. The van der Waals surface area contributed by atoms with Gasteiger partial charge >= 0.3 is 5.97 Å². The Morgan fingerprint density at radius 2 is 1.82 bits per heavy atom. The first-order valence-electron chi connectivity index (χ1n) is 13.0. The Morgan fingerprint density at radius 1 is 1.10 bits per heavy atom. The third-order valence-corrected chi connectivity index (χ3v) is 6.97. The summed E-state index contributed by atoms with van der Waals surface area (Å²) in [6.07, 6.45) is 6.06. The van der Waals surface area contributed by atoms with Crippen molar-refractivity contribution in [2.45, 2.75) is 51.4 Å². The maximum Gasteiger partial charge on any atom is 0.322 e. The first-order chi connectivity index (χ1) is 18.8. The summed E-state index contributed by atoms with van der Waals surface area (Å²) in [5, 5.41) is 14.8. The van der Waals surface area contributed by atoms with Crippen LogP contribution in [-0.4, -0.2) is 62.7 Å². The van der Waals surface area contributed by atoms with Crippen LogP contribution in [0.4, 0.5) is 10.3 Å². The summed E-state index contributed by atoms with van der Waals surface area (Å²) in [6.45, 7) is 1.77. The molecule has 12 heteroatoms. The van der Waals surface area contributed by atoms with E-state index in [1.165, 1.54) is 24.8 Å². The second-order valence-corrected chi connectivity index (χ2v) is 10.2. The van der Waals surface area contributed by atoms with Crippen LogP contribution in [0.25, 0.3) is 22.6 Å². The number of carboxylic acids is 1. The SMILES string of the molecule is CC1(C(=O)NC2CCCCC2)COC(c2nc(-c3ccc(F)cc3)c(-c3ccnc(NCC(=O)O)n3)[nH]2)OC1. The van der Waals surface area contributed by atoms with Crippen LogP contribution in [-0.2, 0) is 19.1 Å². The zero-order chi connectivity index (χ0) is 27.4. The third-order valence-electron chi connectivity index (χ3n) is 6.97. The van der Waals surface area contributed by atoms with E-state index in [0.717, 1.165) is 25.7 Å². The number of H-pyrrole nitrogens is 1. The molecule has 0 atom stereocenters. The monoisotopic (exact) mass is 538 g/mol. The average molecular weight is 539 g/mol. The molecule has 206 valence electrons. The van der Waals surface area contributed by atoms with Crippen LogP contribution in [0.5, 0.6) is 0 Å². The summed E-state index contributed by atoms with van der Waals surface area (Å²) >= 11 is 0. The minimum atomic E-state index is -1.05. The molecule has 1 aromatic carbocycles. The number of anilines is 1. The zero-order valence-electron chi connectivity index (χ0n) is 21.6. The molecule has 4 N–H and O–H groups in total. The fourth-order valence-electron chi connectivity index (χ4n) is 4.75. The molecule has 39 heavy (non-hydrogen) atoms. The van der Waals surface area contributed by atoms with Crippen LogP contribution in [0.2, 0.25) is 0 Å². The Hall–Kier alpha value is -3.90. The number of hydrogen-bond donors (Lipinski definition) is 4. The van der Waals surface area contributed by atoms with E-state index in [1.54, 1.807) is 18.2 Å². The molecule has 1 amide bonds. The molecule has 0 bridgehead atoms. The quantitative estimate of drug-likeness (QED) is 0.337. The van der Waals surface area contributed by atoms with Gasteiger partial charge in [-0.05, 0) is 50.1 Å². The van der Waals surface area contributed by atoms with Gasteiger partial charge in [0.25, 0.3) is 0 Å². The molecule has 0 radical (unpaired) electrons. The average Bonchev–Trinajstić information content (AvgIpc) is 3.39. The number of carbonyl (C=O) groups excluding carboxylic acids is 1. The Balaban J connectivity index is 1.37. The maximum absolute atomic E-state index is 13.6. The number of aromatic nitrogens is 4. The Labute approximate surface area is 224 Å². The van der Waals surface area contributed by atoms with Crippen LogP contribution in [0, 0.1) is 11.2 Å². The van der Waals surface area contributed by atoms with Gasteiger partial charge in [0.05, 0.1) is 35.7 Å². The molecule has 3 heterocycles. The Morgan fingerprint density at radius 3 is 2.51 bits per heavy atom. The van der Waals surface area contributed by atoms with E-state index in [2.05, 4.69) is 25.6 Å². The molecule has 11 nitrogen and oxygen atoms in total. The summed E-state index contributed by atoms with van der Waals surface area (Å²) in [5.74, 6) is -1.03. The Bertz CT molecular complexity index is 1320. The lowest BCUT2D eigenvalue weighted by atomic mass is 9.89.